The molecule has 0 fully saturated rings. The second-order valence-corrected chi connectivity index (χ2v) is 10.7. The Morgan fingerprint density at radius 1 is 0.848 bits per heavy atom. The van der Waals surface area contributed by atoms with Crippen molar-refractivity contribution in [3.8, 4) is 5.75 Å². The topological polar surface area (TPSA) is 84.5 Å². The first-order valence-corrected chi connectivity index (χ1v) is 12.6. The summed E-state index contributed by atoms with van der Waals surface area (Å²) in [6.45, 7) is 9.29. The van der Waals surface area contributed by atoms with Crippen LogP contribution < -0.4 is 14.8 Å². The molecule has 0 atom stereocenters. The van der Waals surface area contributed by atoms with Crippen LogP contribution in [0.1, 0.15) is 27.8 Å². The van der Waals surface area contributed by atoms with E-state index in [0.717, 1.165) is 32.4 Å². The Balaban J connectivity index is 1.68. The molecular formula is C25H27BrN2O4S. The lowest BCUT2D eigenvalue weighted by atomic mass is 10.1. The molecule has 174 valence electrons. The molecule has 0 aliphatic carbocycles. The van der Waals surface area contributed by atoms with Crippen LogP contribution in [0.2, 0.25) is 0 Å². The first-order valence-electron chi connectivity index (χ1n) is 10.4. The molecule has 8 heteroatoms. The number of hydrogen-bond donors (Lipinski definition) is 2. The summed E-state index contributed by atoms with van der Waals surface area (Å²) in [4.78, 5) is 12.5. The van der Waals surface area contributed by atoms with Crippen molar-refractivity contribution in [1.29, 1.82) is 0 Å². The Morgan fingerprint density at radius 3 is 2.12 bits per heavy atom. The van der Waals surface area contributed by atoms with Gasteiger partial charge in [0.2, 0.25) is 0 Å². The average molecular weight is 531 g/mol. The van der Waals surface area contributed by atoms with Crippen LogP contribution in [0.5, 0.6) is 5.75 Å². The second-order valence-electron chi connectivity index (χ2n) is 8.08. The van der Waals surface area contributed by atoms with Crippen molar-refractivity contribution in [3.63, 3.8) is 0 Å². The number of carbonyl (C=O) groups excluding carboxylic acids is 1. The molecule has 3 aromatic carbocycles. The Labute approximate surface area is 203 Å². The highest BCUT2D eigenvalue weighted by molar-refractivity contribution is 9.10. The predicted molar refractivity (Wildman–Crippen MR) is 136 cm³/mol. The number of benzene rings is 3. The van der Waals surface area contributed by atoms with Crippen molar-refractivity contribution < 1.29 is 17.9 Å². The highest BCUT2D eigenvalue weighted by Crippen LogP contribution is 2.26. The number of halogens is 1. The van der Waals surface area contributed by atoms with E-state index in [4.69, 9.17) is 4.74 Å². The number of ether oxygens (including phenoxy) is 1. The molecule has 1 amide bonds. The van der Waals surface area contributed by atoms with E-state index < -0.39 is 10.0 Å². The first kappa shape index (κ1) is 24.8. The minimum atomic E-state index is -3.76. The molecule has 33 heavy (non-hydrogen) atoms. The summed E-state index contributed by atoms with van der Waals surface area (Å²) < 4.78 is 34.8. The number of aryl methyl sites for hydroxylation is 5. The van der Waals surface area contributed by atoms with E-state index in [-0.39, 0.29) is 17.4 Å². The molecule has 0 saturated carbocycles. The van der Waals surface area contributed by atoms with Crippen LogP contribution in [0.4, 0.5) is 11.4 Å². The Hall–Kier alpha value is -2.84. The maximum atomic E-state index is 12.8. The van der Waals surface area contributed by atoms with Crippen LogP contribution >= 0.6 is 15.9 Å². The first-order chi connectivity index (χ1) is 15.5. The third kappa shape index (κ3) is 6.15. The van der Waals surface area contributed by atoms with Gasteiger partial charge in [-0.05, 0) is 105 Å². The van der Waals surface area contributed by atoms with Gasteiger partial charge < -0.3 is 10.1 Å². The zero-order valence-electron chi connectivity index (χ0n) is 19.2. The summed E-state index contributed by atoms with van der Waals surface area (Å²) in [5.41, 5.74) is 5.84. The second kappa shape index (κ2) is 9.97. The fraction of sp³-hybridized carbons (Fsp3) is 0.240. The van der Waals surface area contributed by atoms with Crippen LogP contribution in [0.25, 0.3) is 0 Å². The van der Waals surface area contributed by atoms with Crippen molar-refractivity contribution >= 4 is 43.2 Å². The van der Waals surface area contributed by atoms with Crippen LogP contribution in [-0.4, -0.2) is 20.9 Å². The molecule has 0 aliphatic rings. The fourth-order valence-electron chi connectivity index (χ4n) is 3.40. The van der Waals surface area contributed by atoms with Crippen molar-refractivity contribution in [2.24, 2.45) is 0 Å². The van der Waals surface area contributed by atoms with Crippen molar-refractivity contribution in [2.75, 3.05) is 16.6 Å². The zero-order chi connectivity index (χ0) is 24.3. The number of rotatable bonds is 7. The van der Waals surface area contributed by atoms with Gasteiger partial charge in [0.25, 0.3) is 15.9 Å². The van der Waals surface area contributed by atoms with Gasteiger partial charge in [-0.1, -0.05) is 22.0 Å². The summed E-state index contributed by atoms with van der Waals surface area (Å²) in [6, 6.07) is 13.8. The van der Waals surface area contributed by atoms with Gasteiger partial charge in [0.1, 0.15) is 5.75 Å². The molecule has 0 aromatic heterocycles. The molecule has 3 rings (SSSR count). The fourth-order valence-corrected chi connectivity index (χ4v) is 5.22. The number of anilines is 2. The predicted octanol–water partition coefficient (Wildman–Crippen LogP) is 5.81. The molecule has 3 aromatic rings. The van der Waals surface area contributed by atoms with E-state index in [1.165, 1.54) is 12.1 Å². The summed E-state index contributed by atoms with van der Waals surface area (Å²) in [6.07, 6.45) is 0. The van der Waals surface area contributed by atoms with Crippen molar-refractivity contribution in [3.05, 3.63) is 80.8 Å². The molecule has 0 radical (unpaired) electrons. The Morgan fingerprint density at radius 2 is 1.52 bits per heavy atom. The number of nitrogens with one attached hydrogen (secondary N) is 2. The van der Waals surface area contributed by atoms with Gasteiger partial charge in [0, 0.05) is 15.8 Å². The molecule has 6 nitrogen and oxygen atoms in total. The summed E-state index contributed by atoms with van der Waals surface area (Å²) in [5, 5.41) is 2.88. The molecule has 0 heterocycles. The monoisotopic (exact) mass is 530 g/mol. The largest absolute Gasteiger partial charge is 0.483 e. The number of amides is 1. The maximum Gasteiger partial charge on any atom is 0.262 e. The quantitative estimate of drug-likeness (QED) is 0.403. The highest BCUT2D eigenvalue weighted by Gasteiger charge is 2.17. The standard InChI is InChI=1S/C25H27BrN2O4S/c1-15-6-7-21(12-16(15)2)28-33(30,31)22-8-9-23(17(3)13-22)32-14-24(29)27-25-18(4)10-20(26)11-19(25)5/h6-13,28H,14H2,1-5H3,(H,27,29). The van der Waals surface area contributed by atoms with Crippen LogP contribution in [0.15, 0.2) is 57.9 Å². The average Bonchev–Trinajstić information content (AvgIpc) is 2.72. The van der Waals surface area contributed by atoms with Gasteiger partial charge in [-0.25, -0.2) is 8.42 Å². The SMILES string of the molecule is Cc1ccc(NS(=O)(=O)c2ccc(OCC(=O)Nc3c(C)cc(Br)cc3C)c(C)c2)cc1C. The molecule has 0 unspecified atom stereocenters. The van der Waals surface area contributed by atoms with Gasteiger partial charge in [-0.2, -0.15) is 0 Å². The van der Waals surface area contributed by atoms with Gasteiger partial charge >= 0.3 is 0 Å². The van der Waals surface area contributed by atoms with Gasteiger partial charge in [0.05, 0.1) is 4.90 Å². The number of hydrogen-bond acceptors (Lipinski definition) is 4. The molecule has 0 saturated heterocycles. The molecule has 0 aliphatic heterocycles. The Kier molecular flexibility index (Phi) is 7.49. The third-order valence-electron chi connectivity index (χ3n) is 5.34. The smallest absolute Gasteiger partial charge is 0.262 e. The highest BCUT2D eigenvalue weighted by atomic mass is 79.9. The van der Waals surface area contributed by atoms with E-state index in [1.807, 2.05) is 45.9 Å². The minimum absolute atomic E-state index is 0.121. The van der Waals surface area contributed by atoms with Crippen LogP contribution in [0.3, 0.4) is 0 Å². The lowest BCUT2D eigenvalue weighted by Gasteiger charge is -2.14. The van der Waals surface area contributed by atoms with Crippen LogP contribution in [0, 0.1) is 34.6 Å². The Bertz CT molecular complexity index is 1300. The van der Waals surface area contributed by atoms with E-state index in [9.17, 15) is 13.2 Å². The lowest BCUT2D eigenvalue weighted by molar-refractivity contribution is -0.118. The summed E-state index contributed by atoms with van der Waals surface area (Å²) in [5.74, 6) is 0.149. The van der Waals surface area contributed by atoms with Gasteiger partial charge in [-0.15, -0.1) is 0 Å². The maximum absolute atomic E-state index is 12.8. The van der Waals surface area contributed by atoms with E-state index in [0.29, 0.717) is 17.0 Å². The van der Waals surface area contributed by atoms with Gasteiger partial charge in [0.15, 0.2) is 6.61 Å². The van der Waals surface area contributed by atoms with E-state index in [1.54, 1.807) is 25.1 Å². The third-order valence-corrected chi connectivity index (χ3v) is 7.17. The molecular weight excluding hydrogens is 504 g/mol. The van der Waals surface area contributed by atoms with Crippen molar-refractivity contribution in [2.45, 2.75) is 39.5 Å². The normalized spacial score (nSPS) is 11.2. The van der Waals surface area contributed by atoms with E-state index >= 15 is 0 Å². The number of carbonyl (C=O) groups is 1. The molecule has 2 N–H and O–H groups in total. The summed E-state index contributed by atoms with van der Waals surface area (Å²) >= 11 is 3.44. The molecule has 0 spiro atoms. The van der Waals surface area contributed by atoms with Crippen molar-refractivity contribution in [1.82, 2.24) is 0 Å². The van der Waals surface area contributed by atoms with Crippen LogP contribution in [-0.2, 0) is 14.8 Å². The molecule has 0 bridgehead atoms. The number of sulfonamides is 1. The van der Waals surface area contributed by atoms with E-state index in [2.05, 4.69) is 26.0 Å². The lowest BCUT2D eigenvalue weighted by Crippen LogP contribution is -2.21. The zero-order valence-corrected chi connectivity index (χ0v) is 21.6. The summed E-state index contributed by atoms with van der Waals surface area (Å²) in [7, 11) is -3.76. The minimum Gasteiger partial charge on any atom is -0.483 e. The van der Waals surface area contributed by atoms with Gasteiger partial charge in [-0.3, -0.25) is 9.52 Å².